The van der Waals surface area contributed by atoms with Gasteiger partial charge in [-0.05, 0) is 54.8 Å². The first kappa shape index (κ1) is 17.0. The number of halogens is 2. The summed E-state index contributed by atoms with van der Waals surface area (Å²) < 4.78 is 54.2. The Morgan fingerprint density at radius 2 is 1.67 bits per heavy atom. The van der Waals surface area contributed by atoms with Gasteiger partial charge in [0.25, 0.3) is 0 Å². The summed E-state index contributed by atoms with van der Waals surface area (Å²) in [5.41, 5.74) is 0.655. The van der Waals surface area contributed by atoms with Crippen LogP contribution in [0.15, 0.2) is 53.4 Å². The largest absolute Gasteiger partial charge is 0.243 e. The van der Waals surface area contributed by atoms with Crippen molar-refractivity contribution in [1.29, 1.82) is 0 Å². The van der Waals surface area contributed by atoms with Gasteiger partial charge in [0, 0.05) is 6.54 Å². The molecule has 3 rings (SSSR count). The lowest BCUT2D eigenvalue weighted by molar-refractivity contribution is 0.328. The molecule has 0 radical (unpaired) electrons. The van der Waals surface area contributed by atoms with Gasteiger partial charge in [0.1, 0.15) is 11.6 Å². The van der Waals surface area contributed by atoms with Gasteiger partial charge in [-0.15, -0.1) is 0 Å². The van der Waals surface area contributed by atoms with E-state index >= 15 is 0 Å². The highest BCUT2D eigenvalue weighted by Crippen LogP contribution is 2.34. The van der Waals surface area contributed by atoms with Gasteiger partial charge in [0.2, 0.25) is 10.0 Å². The van der Waals surface area contributed by atoms with E-state index in [1.54, 1.807) is 12.1 Å². The van der Waals surface area contributed by atoms with Crippen molar-refractivity contribution < 1.29 is 17.2 Å². The zero-order chi connectivity index (χ0) is 17.2. The number of sulfonamides is 1. The molecule has 2 aromatic carbocycles. The fourth-order valence-electron chi connectivity index (χ4n) is 3.16. The molecular weight excluding hydrogens is 332 g/mol. The van der Waals surface area contributed by atoms with Crippen LogP contribution in [0.4, 0.5) is 8.78 Å². The lowest BCUT2D eigenvalue weighted by atomic mass is 10.0. The predicted molar refractivity (Wildman–Crippen MR) is 87.9 cm³/mol. The fourth-order valence-corrected chi connectivity index (χ4v) is 4.84. The molecule has 6 heteroatoms. The Morgan fingerprint density at radius 1 is 0.917 bits per heavy atom. The first-order valence-corrected chi connectivity index (χ1v) is 9.45. The van der Waals surface area contributed by atoms with Crippen molar-refractivity contribution >= 4 is 10.0 Å². The molecule has 0 spiro atoms. The highest BCUT2D eigenvalue weighted by atomic mass is 32.2. The van der Waals surface area contributed by atoms with Crippen LogP contribution >= 0.6 is 0 Å². The second-order valence-corrected chi connectivity index (χ2v) is 7.88. The Bertz CT molecular complexity index is 806. The molecule has 1 fully saturated rings. The fraction of sp³-hybridized carbons (Fsp3) is 0.333. The minimum Gasteiger partial charge on any atom is -0.207 e. The molecule has 1 saturated heterocycles. The van der Waals surface area contributed by atoms with Gasteiger partial charge in [-0.2, -0.15) is 4.31 Å². The summed E-state index contributed by atoms with van der Waals surface area (Å²) in [5.74, 6) is -0.859. The van der Waals surface area contributed by atoms with Gasteiger partial charge in [-0.3, -0.25) is 0 Å². The first-order valence-electron chi connectivity index (χ1n) is 8.01. The van der Waals surface area contributed by atoms with E-state index in [-0.39, 0.29) is 10.7 Å². The van der Waals surface area contributed by atoms with Crippen molar-refractivity contribution in [2.75, 3.05) is 6.54 Å². The van der Waals surface area contributed by atoms with Crippen LogP contribution in [-0.4, -0.2) is 19.3 Å². The van der Waals surface area contributed by atoms with Crippen molar-refractivity contribution in [2.45, 2.75) is 36.6 Å². The van der Waals surface area contributed by atoms with Gasteiger partial charge in [-0.25, -0.2) is 17.2 Å². The average Bonchev–Trinajstić information content (AvgIpc) is 2.81. The molecule has 0 unspecified atom stereocenters. The molecule has 3 nitrogen and oxygen atoms in total. The Labute approximate surface area is 141 Å². The molecule has 1 heterocycles. The number of hydrogen-bond donors (Lipinski definition) is 0. The van der Waals surface area contributed by atoms with Crippen LogP contribution < -0.4 is 0 Å². The third-order valence-corrected chi connectivity index (χ3v) is 6.28. The zero-order valence-electron chi connectivity index (χ0n) is 13.2. The molecule has 0 saturated carbocycles. The van der Waals surface area contributed by atoms with Crippen molar-refractivity contribution in [3.63, 3.8) is 0 Å². The predicted octanol–water partition coefficient (Wildman–Crippen LogP) is 4.27. The Kier molecular flexibility index (Phi) is 4.96. The van der Waals surface area contributed by atoms with E-state index in [9.17, 15) is 17.2 Å². The molecule has 1 atom stereocenters. The van der Waals surface area contributed by atoms with Crippen LogP contribution in [0, 0.1) is 11.6 Å². The molecule has 0 aromatic heterocycles. The summed E-state index contributed by atoms with van der Waals surface area (Å²) in [4.78, 5) is 0.0622. The van der Waals surface area contributed by atoms with E-state index in [1.165, 1.54) is 28.6 Å². The molecule has 1 aliphatic heterocycles. The van der Waals surface area contributed by atoms with Gasteiger partial charge in [0.15, 0.2) is 0 Å². The van der Waals surface area contributed by atoms with Crippen molar-refractivity contribution in [1.82, 2.24) is 4.31 Å². The molecule has 24 heavy (non-hydrogen) atoms. The normalized spacial score (nSPS) is 19.8. The first-order chi connectivity index (χ1) is 11.5. The molecular formula is C18H19F2NO2S. The van der Waals surface area contributed by atoms with Crippen LogP contribution in [0.2, 0.25) is 0 Å². The van der Waals surface area contributed by atoms with Crippen LogP contribution in [0.1, 0.15) is 37.3 Å². The highest BCUT2D eigenvalue weighted by Gasteiger charge is 2.33. The van der Waals surface area contributed by atoms with Gasteiger partial charge in [0.05, 0.1) is 10.9 Å². The maximum absolute atomic E-state index is 13.6. The SMILES string of the molecule is O=S(=O)(c1ccc(F)cc1)N1CCCCC[C@@H]1c1cccc(F)c1. The van der Waals surface area contributed by atoms with E-state index in [4.69, 9.17) is 0 Å². The molecule has 0 amide bonds. The molecule has 0 N–H and O–H groups in total. The smallest absolute Gasteiger partial charge is 0.207 e. The summed E-state index contributed by atoms with van der Waals surface area (Å²) in [6.07, 6.45) is 3.22. The summed E-state index contributed by atoms with van der Waals surface area (Å²) in [5, 5.41) is 0. The van der Waals surface area contributed by atoms with Crippen LogP contribution in [-0.2, 0) is 10.0 Å². The highest BCUT2D eigenvalue weighted by molar-refractivity contribution is 7.89. The number of nitrogens with zero attached hydrogens (tertiary/aromatic N) is 1. The minimum atomic E-state index is -3.77. The Morgan fingerprint density at radius 3 is 2.38 bits per heavy atom. The molecule has 2 aromatic rings. The number of rotatable bonds is 3. The van der Waals surface area contributed by atoms with Crippen LogP contribution in [0.5, 0.6) is 0 Å². The van der Waals surface area contributed by atoms with E-state index in [1.807, 2.05) is 0 Å². The summed E-state index contributed by atoms with van der Waals surface area (Å²) in [7, 11) is -3.77. The lowest BCUT2D eigenvalue weighted by Crippen LogP contribution is -2.34. The number of benzene rings is 2. The molecule has 0 bridgehead atoms. The van der Waals surface area contributed by atoms with Gasteiger partial charge in [-0.1, -0.05) is 25.0 Å². The van der Waals surface area contributed by atoms with Gasteiger partial charge < -0.3 is 0 Å². The summed E-state index contributed by atoms with van der Waals surface area (Å²) >= 11 is 0. The second-order valence-electron chi connectivity index (χ2n) is 5.99. The molecule has 0 aliphatic carbocycles. The maximum atomic E-state index is 13.6. The van der Waals surface area contributed by atoms with Crippen LogP contribution in [0.25, 0.3) is 0 Å². The van der Waals surface area contributed by atoms with E-state index in [0.29, 0.717) is 18.5 Å². The Hall–Kier alpha value is -1.79. The topological polar surface area (TPSA) is 37.4 Å². The van der Waals surface area contributed by atoms with Crippen molar-refractivity contribution in [3.05, 3.63) is 65.7 Å². The van der Waals surface area contributed by atoms with Gasteiger partial charge >= 0.3 is 0 Å². The third-order valence-electron chi connectivity index (χ3n) is 4.36. The number of hydrogen-bond acceptors (Lipinski definition) is 2. The average molecular weight is 351 g/mol. The quantitative estimate of drug-likeness (QED) is 0.828. The standard InChI is InChI=1S/C18H19F2NO2S/c19-15-8-10-17(11-9-15)24(22,23)21-12-3-1-2-7-18(21)14-5-4-6-16(20)13-14/h4-6,8-11,13,18H,1-3,7,12H2/t18-/m1/s1. The summed E-state index contributed by atoms with van der Waals surface area (Å²) in [6, 6.07) is 10.5. The van der Waals surface area contributed by atoms with E-state index in [0.717, 1.165) is 31.4 Å². The van der Waals surface area contributed by atoms with Crippen molar-refractivity contribution in [2.24, 2.45) is 0 Å². The summed E-state index contributed by atoms with van der Waals surface area (Å²) in [6.45, 7) is 0.376. The zero-order valence-corrected chi connectivity index (χ0v) is 14.0. The monoisotopic (exact) mass is 351 g/mol. The molecule has 1 aliphatic rings. The third kappa shape index (κ3) is 3.49. The maximum Gasteiger partial charge on any atom is 0.243 e. The minimum absolute atomic E-state index is 0.0622. The molecule has 128 valence electrons. The lowest BCUT2D eigenvalue weighted by Gasteiger charge is -2.29. The van der Waals surface area contributed by atoms with E-state index in [2.05, 4.69) is 0 Å². The van der Waals surface area contributed by atoms with E-state index < -0.39 is 21.9 Å². The van der Waals surface area contributed by atoms with Crippen molar-refractivity contribution in [3.8, 4) is 0 Å². The second kappa shape index (κ2) is 6.99. The Balaban J connectivity index is 2.02. The van der Waals surface area contributed by atoms with Crippen LogP contribution in [0.3, 0.4) is 0 Å².